The molecule has 2 aromatic carbocycles. The van der Waals surface area contributed by atoms with E-state index in [1.54, 1.807) is 0 Å². The number of para-hydroxylation sites is 2. The van der Waals surface area contributed by atoms with E-state index in [1.165, 1.54) is 42.5 Å². The van der Waals surface area contributed by atoms with Gasteiger partial charge in [-0.1, -0.05) is 24.3 Å². The molecule has 0 aliphatic carbocycles. The van der Waals surface area contributed by atoms with E-state index in [1.807, 2.05) is 4.98 Å². The summed E-state index contributed by atoms with van der Waals surface area (Å²) in [5.41, 5.74) is -0.800. The molecule has 0 bridgehead atoms. The molecular formula is C18H13FN4O5. The molecule has 0 aliphatic rings. The number of rotatable bonds is 4. The predicted molar refractivity (Wildman–Crippen MR) is 97.4 cm³/mol. The Morgan fingerprint density at radius 1 is 1.11 bits per heavy atom. The van der Waals surface area contributed by atoms with Gasteiger partial charge in [-0.25, -0.2) is 19.2 Å². The molecule has 0 radical (unpaired) electrons. The SMILES string of the molecule is O=C(N/N=C/c1c(O)n(-c2ccccc2F)c(=O)[nH]c1=O)c1ccccc1O. The molecule has 0 unspecified atom stereocenters. The number of hydrogen-bond acceptors (Lipinski definition) is 6. The molecule has 28 heavy (non-hydrogen) atoms. The molecule has 9 nitrogen and oxygen atoms in total. The van der Waals surface area contributed by atoms with Crippen LogP contribution < -0.4 is 16.7 Å². The van der Waals surface area contributed by atoms with Crippen molar-refractivity contribution in [3.63, 3.8) is 0 Å². The topological polar surface area (TPSA) is 137 Å². The average Bonchev–Trinajstić information content (AvgIpc) is 2.66. The fraction of sp³-hybridized carbons (Fsp3) is 0. The van der Waals surface area contributed by atoms with Crippen molar-refractivity contribution in [1.29, 1.82) is 0 Å². The molecule has 0 aliphatic heterocycles. The van der Waals surface area contributed by atoms with Crippen LogP contribution in [0.1, 0.15) is 15.9 Å². The van der Waals surface area contributed by atoms with Crippen molar-refractivity contribution >= 4 is 12.1 Å². The molecule has 0 saturated heterocycles. The number of nitrogens with one attached hydrogen (secondary N) is 2. The highest BCUT2D eigenvalue weighted by Gasteiger charge is 2.17. The molecule has 142 valence electrons. The van der Waals surface area contributed by atoms with Crippen molar-refractivity contribution in [2.45, 2.75) is 0 Å². The zero-order valence-electron chi connectivity index (χ0n) is 14.1. The number of hydrazone groups is 1. The Kier molecular flexibility index (Phi) is 5.03. The summed E-state index contributed by atoms with van der Waals surface area (Å²) in [6.45, 7) is 0. The molecular weight excluding hydrogens is 371 g/mol. The summed E-state index contributed by atoms with van der Waals surface area (Å²) in [7, 11) is 0. The summed E-state index contributed by atoms with van der Waals surface area (Å²) in [4.78, 5) is 37.9. The lowest BCUT2D eigenvalue weighted by molar-refractivity contribution is 0.0952. The molecule has 1 heterocycles. The van der Waals surface area contributed by atoms with Crippen LogP contribution in [0.25, 0.3) is 5.69 Å². The maximum absolute atomic E-state index is 14.0. The fourth-order valence-corrected chi connectivity index (χ4v) is 2.39. The maximum atomic E-state index is 14.0. The minimum atomic E-state index is -1.05. The summed E-state index contributed by atoms with van der Waals surface area (Å²) in [6, 6.07) is 10.8. The summed E-state index contributed by atoms with van der Waals surface area (Å²) in [6.07, 6.45) is 0.794. The van der Waals surface area contributed by atoms with Crippen LogP contribution in [0.2, 0.25) is 0 Å². The lowest BCUT2D eigenvalue weighted by Crippen LogP contribution is -2.32. The van der Waals surface area contributed by atoms with Crippen LogP contribution >= 0.6 is 0 Å². The number of aromatic nitrogens is 2. The van der Waals surface area contributed by atoms with Crippen molar-refractivity contribution in [2.75, 3.05) is 0 Å². The van der Waals surface area contributed by atoms with E-state index in [0.717, 1.165) is 12.3 Å². The van der Waals surface area contributed by atoms with Crippen LogP contribution in [0, 0.1) is 5.82 Å². The van der Waals surface area contributed by atoms with Gasteiger partial charge in [0.2, 0.25) is 5.88 Å². The lowest BCUT2D eigenvalue weighted by atomic mass is 10.2. The third-order valence-corrected chi connectivity index (χ3v) is 3.72. The van der Waals surface area contributed by atoms with E-state index in [4.69, 9.17) is 0 Å². The molecule has 1 aromatic heterocycles. The Balaban J connectivity index is 1.96. The summed E-state index contributed by atoms with van der Waals surface area (Å²) >= 11 is 0. The van der Waals surface area contributed by atoms with Crippen molar-refractivity contribution in [1.82, 2.24) is 15.0 Å². The van der Waals surface area contributed by atoms with E-state index in [9.17, 15) is 29.0 Å². The first-order chi connectivity index (χ1) is 13.4. The minimum absolute atomic E-state index is 0.0610. The lowest BCUT2D eigenvalue weighted by Gasteiger charge is -2.10. The first kappa shape index (κ1) is 18.6. The number of benzene rings is 2. The zero-order valence-corrected chi connectivity index (χ0v) is 14.1. The Morgan fingerprint density at radius 3 is 2.50 bits per heavy atom. The number of H-pyrrole nitrogens is 1. The van der Waals surface area contributed by atoms with E-state index in [0.29, 0.717) is 4.57 Å². The van der Waals surface area contributed by atoms with Crippen molar-refractivity contribution in [3.05, 3.63) is 86.3 Å². The predicted octanol–water partition coefficient (Wildman–Crippen LogP) is 0.840. The van der Waals surface area contributed by atoms with Gasteiger partial charge in [-0.15, -0.1) is 0 Å². The van der Waals surface area contributed by atoms with Gasteiger partial charge in [0.1, 0.15) is 17.1 Å². The summed E-state index contributed by atoms with van der Waals surface area (Å²) in [5.74, 6) is -2.71. The number of aromatic hydroxyl groups is 2. The van der Waals surface area contributed by atoms with E-state index < -0.39 is 34.4 Å². The first-order valence-corrected chi connectivity index (χ1v) is 7.84. The van der Waals surface area contributed by atoms with Crippen LogP contribution in [0.4, 0.5) is 4.39 Å². The second-order valence-electron chi connectivity index (χ2n) is 5.50. The van der Waals surface area contributed by atoms with Gasteiger partial charge in [-0.3, -0.25) is 14.6 Å². The van der Waals surface area contributed by atoms with Crippen LogP contribution in [-0.2, 0) is 0 Å². The smallest absolute Gasteiger partial charge is 0.335 e. The minimum Gasteiger partial charge on any atom is -0.507 e. The van der Waals surface area contributed by atoms with E-state index >= 15 is 0 Å². The van der Waals surface area contributed by atoms with Gasteiger partial charge in [0.05, 0.1) is 17.5 Å². The normalized spacial score (nSPS) is 10.9. The molecule has 3 aromatic rings. The fourth-order valence-electron chi connectivity index (χ4n) is 2.39. The highest BCUT2D eigenvalue weighted by atomic mass is 19.1. The summed E-state index contributed by atoms with van der Waals surface area (Å²) < 4.78 is 14.5. The van der Waals surface area contributed by atoms with Crippen molar-refractivity contribution < 1.29 is 19.4 Å². The highest BCUT2D eigenvalue weighted by molar-refractivity contribution is 5.97. The number of amides is 1. The first-order valence-electron chi connectivity index (χ1n) is 7.84. The Labute approximate surface area is 156 Å². The second-order valence-corrected chi connectivity index (χ2v) is 5.50. The monoisotopic (exact) mass is 384 g/mol. The zero-order chi connectivity index (χ0) is 20.3. The number of phenols is 1. The maximum Gasteiger partial charge on any atom is 0.335 e. The molecule has 0 atom stereocenters. The average molecular weight is 384 g/mol. The number of carbonyl (C=O) groups excluding carboxylic acids is 1. The number of hydrogen-bond donors (Lipinski definition) is 4. The van der Waals surface area contributed by atoms with Crippen LogP contribution in [-0.4, -0.2) is 31.9 Å². The van der Waals surface area contributed by atoms with Crippen LogP contribution in [0.3, 0.4) is 0 Å². The molecule has 1 amide bonds. The highest BCUT2D eigenvalue weighted by Crippen LogP contribution is 2.18. The van der Waals surface area contributed by atoms with E-state index in [-0.39, 0.29) is 17.0 Å². The van der Waals surface area contributed by atoms with Gasteiger partial charge in [-0.05, 0) is 24.3 Å². The van der Waals surface area contributed by atoms with Crippen molar-refractivity contribution in [3.8, 4) is 17.3 Å². The van der Waals surface area contributed by atoms with Gasteiger partial charge in [-0.2, -0.15) is 5.10 Å². The van der Waals surface area contributed by atoms with Crippen LogP contribution in [0.15, 0.2) is 63.2 Å². The number of halogens is 1. The molecule has 0 spiro atoms. The second kappa shape index (κ2) is 7.58. The Hall–Kier alpha value is -4.21. The van der Waals surface area contributed by atoms with Gasteiger partial charge in [0, 0.05) is 0 Å². The van der Waals surface area contributed by atoms with E-state index in [2.05, 4.69) is 10.5 Å². The van der Waals surface area contributed by atoms with Gasteiger partial charge >= 0.3 is 5.69 Å². The largest absolute Gasteiger partial charge is 0.507 e. The van der Waals surface area contributed by atoms with Gasteiger partial charge < -0.3 is 10.2 Å². The number of phenolic OH excluding ortho intramolecular Hbond substituents is 1. The van der Waals surface area contributed by atoms with Crippen LogP contribution in [0.5, 0.6) is 11.6 Å². The van der Waals surface area contributed by atoms with Gasteiger partial charge in [0.15, 0.2) is 0 Å². The molecule has 3 rings (SSSR count). The molecule has 10 heteroatoms. The number of aromatic amines is 1. The standard InChI is InChI=1S/C18H13FN4O5/c19-12-6-2-3-7-13(12)23-17(27)11(15(25)21-18(23)28)9-20-22-16(26)10-5-1-4-8-14(10)24/h1-9,24,27H,(H,22,26)(H,21,25,28)/b20-9+. The Bertz CT molecular complexity index is 1200. The number of carbonyl (C=O) groups is 1. The third-order valence-electron chi connectivity index (χ3n) is 3.72. The molecule has 0 saturated carbocycles. The number of nitrogens with zero attached hydrogens (tertiary/aromatic N) is 2. The third kappa shape index (κ3) is 3.51. The molecule has 0 fully saturated rings. The van der Waals surface area contributed by atoms with Gasteiger partial charge in [0.25, 0.3) is 11.5 Å². The molecule has 4 N–H and O–H groups in total. The summed E-state index contributed by atoms with van der Waals surface area (Å²) in [5, 5.41) is 23.5. The van der Waals surface area contributed by atoms with Crippen molar-refractivity contribution in [2.24, 2.45) is 5.10 Å². The quantitative estimate of drug-likeness (QED) is 0.390. The Morgan fingerprint density at radius 2 is 1.79 bits per heavy atom.